The van der Waals surface area contributed by atoms with Crippen molar-refractivity contribution < 1.29 is 13.7 Å². The van der Waals surface area contributed by atoms with E-state index in [9.17, 15) is 9.00 Å². The average Bonchev–Trinajstić information content (AvgIpc) is 2.46. The van der Waals surface area contributed by atoms with Crippen LogP contribution in [0.4, 0.5) is 5.82 Å². The van der Waals surface area contributed by atoms with Crippen LogP contribution in [-0.4, -0.2) is 50.3 Å². The number of esters is 1. The second-order valence-corrected chi connectivity index (χ2v) is 7.45. The monoisotopic (exact) mass is 309 g/mol. The number of ether oxygens (including phenoxy) is 1. The third-order valence-electron chi connectivity index (χ3n) is 4.22. The number of carbonyl (C=O) groups is 1. The van der Waals surface area contributed by atoms with Gasteiger partial charge in [-0.05, 0) is 19.8 Å². The predicted molar refractivity (Wildman–Crippen MR) is 79.8 cm³/mol. The molecule has 0 radical (unpaired) electrons. The summed E-state index contributed by atoms with van der Waals surface area (Å²) in [5.74, 6) is 0.971. The van der Waals surface area contributed by atoms with Crippen molar-refractivity contribution in [1.29, 1.82) is 0 Å². The SMILES string of the molecule is CCOC(=O)c1cnc(N2CCS(=O)C3(CCC3)C2)cn1. The van der Waals surface area contributed by atoms with Crippen molar-refractivity contribution in [3.63, 3.8) is 0 Å². The van der Waals surface area contributed by atoms with Crippen molar-refractivity contribution in [3.05, 3.63) is 18.1 Å². The van der Waals surface area contributed by atoms with Crippen LogP contribution in [-0.2, 0) is 15.5 Å². The van der Waals surface area contributed by atoms with E-state index < -0.39 is 16.8 Å². The fraction of sp³-hybridized carbons (Fsp3) is 0.643. The van der Waals surface area contributed by atoms with Crippen molar-refractivity contribution in [2.24, 2.45) is 0 Å². The zero-order valence-corrected chi connectivity index (χ0v) is 12.9. The molecule has 21 heavy (non-hydrogen) atoms. The van der Waals surface area contributed by atoms with Gasteiger partial charge < -0.3 is 9.64 Å². The van der Waals surface area contributed by atoms with E-state index in [-0.39, 0.29) is 10.4 Å². The van der Waals surface area contributed by atoms with Crippen LogP contribution in [0, 0.1) is 0 Å². The lowest BCUT2D eigenvalue weighted by molar-refractivity contribution is 0.0519. The molecule has 1 spiro atoms. The van der Waals surface area contributed by atoms with Crippen LogP contribution < -0.4 is 4.90 Å². The third kappa shape index (κ3) is 2.66. The molecule has 114 valence electrons. The molecule has 0 amide bonds. The highest BCUT2D eigenvalue weighted by atomic mass is 32.2. The van der Waals surface area contributed by atoms with Gasteiger partial charge in [0.2, 0.25) is 0 Å². The molecule has 2 fully saturated rings. The molecule has 1 aromatic rings. The zero-order chi connectivity index (χ0) is 14.9. The van der Waals surface area contributed by atoms with Crippen LogP contribution in [0.2, 0.25) is 0 Å². The maximum Gasteiger partial charge on any atom is 0.358 e. The number of carbonyl (C=O) groups excluding carboxylic acids is 1. The molecule has 1 saturated heterocycles. The van der Waals surface area contributed by atoms with Gasteiger partial charge in [0.05, 0.1) is 23.7 Å². The first-order valence-corrected chi connectivity index (χ1v) is 8.59. The number of hydrogen-bond acceptors (Lipinski definition) is 6. The Labute approximate surface area is 126 Å². The van der Waals surface area contributed by atoms with Crippen LogP contribution in [0.25, 0.3) is 0 Å². The summed E-state index contributed by atoms with van der Waals surface area (Å²) in [5, 5.41) is 0. The maximum absolute atomic E-state index is 12.2. The molecular weight excluding hydrogens is 290 g/mol. The summed E-state index contributed by atoms with van der Waals surface area (Å²) < 4.78 is 17.0. The number of hydrogen-bond donors (Lipinski definition) is 0. The van der Waals surface area contributed by atoms with Gasteiger partial charge in [-0.3, -0.25) is 4.21 Å². The molecule has 2 heterocycles. The van der Waals surface area contributed by atoms with E-state index in [2.05, 4.69) is 14.9 Å². The lowest BCUT2D eigenvalue weighted by Gasteiger charge is -2.47. The topological polar surface area (TPSA) is 72.4 Å². The smallest absolute Gasteiger partial charge is 0.358 e. The van der Waals surface area contributed by atoms with Gasteiger partial charge in [-0.1, -0.05) is 6.42 Å². The Hall–Kier alpha value is -1.50. The molecule has 1 unspecified atom stereocenters. The Morgan fingerprint density at radius 1 is 1.43 bits per heavy atom. The first-order valence-electron chi connectivity index (χ1n) is 7.27. The summed E-state index contributed by atoms with van der Waals surface area (Å²) in [7, 11) is -0.730. The standard InChI is InChI=1S/C14H19N3O3S/c1-2-20-13(18)11-8-16-12(9-15-11)17-6-7-21(19)14(10-17)4-3-5-14/h8-9H,2-7,10H2,1H3. The van der Waals surface area contributed by atoms with E-state index in [0.717, 1.165) is 38.2 Å². The summed E-state index contributed by atoms with van der Waals surface area (Å²) in [5.41, 5.74) is 0.222. The van der Waals surface area contributed by atoms with Crippen molar-refractivity contribution in [2.75, 3.05) is 30.3 Å². The molecule has 2 aliphatic rings. The van der Waals surface area contributed by atoms with Crippen LogP contribution in [0.1, 0.15) is 36.7 Å². The van der Waals surface area contributed by atoms with Crippen LogP contribution in [0.15, 0.2) is 12.4 Å². The summed E-state index contributed by atoms with van der Waals surface area (Å²) in [4.78, 5) is 22.1. The van der Waals surface area contributed by atoms with Gasteiger partial charge in [-0.15, -0.1) is 0 Å². The lowest BCUT2D eigenvalue weighted by atomic mass is 9.83. The summed E-state index contributed by atoms with van der Waals surface area (Å²) in [6.45, 7) is 3.57. The average molecular weight is 309 g/mol. The van der Waals surface area contributed by atoms with Gasteiger partial charge in [-0.25, -0.2) is 14.8 Å². The minimum atomic E-state index is -0.730. The number of rotatable bonds is 3. The van der Waals surface area contributed by atoms with Crippen molar-refractivity contribution >= 4 is 22.6 Å². The summed E-state index contributed by atoms with van der Waals surface area (Å²) >= 11 is 0. The molecule has 1 atom stereocenters. The highest BCUT2D eigenvalue weighted by molar-refractivity contribution is 7.86. The van der Waals surface area contributed by atoms with Gasteiger partial charge in [-0.2, -0.15) is 0 Å². The third-order valence-corrected chi connectivity index (χ3v) is 6.28. The Bertz CT molecular complexity index is 557. The van der Waals surface area contributed by atoms with Gasteiger partial charge in [0.25, 0.3) is 0 Å². The largest absolute Gasteiger partial charge is 0.461 e. The fourth-order valence-corrected chi connectivity index (χ4v) is 4.72. The van der Waals surface area contributed by atoms with Crippen LogP contribution in [0.3, 0.4) is 0 Å². The van der Waals surface area contributed by atoms with Crippen LogP contribution >= 0.6 is 0 Å². The van der Waals surface area contributed by atoms with Crippen molar-refractivity contribution in [3.8, 4) is 0 Å². The molecule has 1 aliphatic carbocycles. The molecule has 0 bridgehead atoms. The lowest BCUT2D eigenvalue weighted by Crippen LogP contribution is -2.57. The molecule has 1 saturated carbocycles. The highest BCUT2D eigenvalue weighted by Gasteiger charge is 2.46. The Morgan fingerprint density at radius 2 is 2.24 bits per heavy atom. The number of aromatic nitrogens is 2. The molecule has 6 nitrogen and oxygen atoms in total. The highest BCUT2D eigenvalue weighted by Crippen LogP contribution is 2.41. The van der Waals surface area contributed by atoms with Gasteiger partial charge in [0, 0.05) is 29.6 Å². The van der Waals surface area contributed by atoms with Gasteiger partial charge >= 0.3 is 5.97 Å². The van der Waals surface area contributed by atoms with E-state index in [0.29, 0.717) is 12.4 Å². The maximum atomic E-state index is 12.2. The van der Waals surface area contributed by atoms with E-state index >= 15 is 0 Å². The van der Waals surface area contributed by atoms with E-state index in [1.165, 1.54) is 6.20 Å². The number of nitrogens with zero attached hydrogens (tertiary/aromatic N) is 3. The second kappa shape index (κ2) is 5.71. The Balaban J connectivity index is 1.72. The first-order chi connectivity index (χ1) is 10.1. The molecular formula is C14H19N3O3S. The number of anilines is 1. The summed E-state index contributed by atoms with van der Waals surface area (Å²) in [6, 6.07) is 0. The Morgan fingerprint density at radius 3 is 2.81 bits per heavy atom. The van der Waals surface area contributed by atoms with Gasteiger partial charge in [0.15, 0.2) is 5.69 Å². The molecule has 1 aliphatic heterocycles. The van der Waals surface area contributed by atoms with Crippen molar-refractivity contribution in [2.45, 2.75) is 30.9 Å². The first kappa shape index (κ1) is 14.4. The molecule has 0 N–H and O–H groups in total. The normalized spacial score (nSPS) is 23.7. The summed E-state index contributed by atoms with van der Waals surface area (Å²) in [6.07, 6.45) is 6.28. The predicted octanol–water partition coefficient (Wildman–Crippen LogP) is 1.14. The van der Waals surface area contributed by atoms with Crippen LogP contribution in [0.5, 0.6) is 0 Å². The Kier molecular flexibility index (Phi) is 3.93. The molecule has 1 aromatic heterocycles. The minimum absolute atomic E-state index is 0.0419. The zero-order valence-electron chi connectivity index (χ0n) is 12.1. The molecule has 3 rings (SSSR count). The fourth-order valence-electron chi connectivity index (χ4n) is 2.86. The van der Waals surface area contributed by atoms with Gasteiger partial charge in [0.1, 0.15) is 5.82 Å². The van der Waals surface area contributed by atoms with E-state index in [1.54, 1.807) is 13.1 Å². The molecule has 7 heteroatoms. The van der Waals surface area contributed by atoms with E-state index in [4.69, 9.17) is 4.74 Å². The minimum Gasteiger partial charge on any atom is -0.461 e. The van der Waals surface area contributed by atoms with Crippen molar-refractivity contribution in [1.82, 2.24) is 9.97 Å². The van der Waals surface area contributed by atoms with E-state index in [1.807, 2.05) is 0 Å². The second-order valence-electron chi connectivity index (χ2n) is 5.49. The molecule has 0 aromatic carbocycles. The quantitative estimate of drug-likeness (QED) is 0.780.